The Morgan fingerprint density at radius 1 is 1.27 bits per heavy atom. The molecule has 0 aromatic carbocycles. The summed E-state index contributed by atoms with van der Waals surface area (Å²) in [6.45, 7) is 7.65. The molecule has 0 aliphatic rings. The molecule has 0 aromatic rings. The smallest absolute Gasteiger partial charge is 0.131 e. The maximum Gasteiger partial charge on any atom is 0.131 e. The largest absolute Gasteiger partial charge is 0.207 e. The molecule has 0 spiro atoms. The number of halogens is 2. The molecule has 0 nitrogen and oxygen atoms in total. The van der Waals surface area contributed by atoms with E-state index in [1.54, 1.807) is 19.9 Å². The van der Waals surface area contributed by atoms with Crippen molar-refractivity contribution in [1.82, 2.24) is 0 Å². The summed E-state index contributed by atoms with van der Waals surface area (Å²) in [6, 6.07) is 0. The molecule has 0 atom stereocenters. The summed E-state index contributed by atoms with van der Waals surface area (Å²) < 4.78 is 25.3. The molecule has 0 amide bonds. The van der Waals surface area contributed by atoms with Crippen LogP contribution < -0.4 is 0 Å². The van der Waals surface area contributed by atoms with E-state index in [1.807, 2.05) is 0 Å². The van der Waals surface area contributed by atoms with Crippen molar-refractivity contribution in [2.24, 2.45) is 0 Å². The van der Waals surface area contributed by atoms with Crippen LogP contribution in [0.15, 0.2) is 35.5 Å². The summed E-state index contributed by atoms with van der Waals surface area (Å²) in [4.78, 5) is 0. The number of allylic oxidation sites excluding steroid dienone is 5. The average Bonchev–Trinajstić information content (AvgIpc) is 2.00. The van der Waals surface area contributed by atoms with Gasteiger partial charge in [0.1, 0.15) is 11.7 Å². The van der Waals surface area contributed by atoms with Crippen LogP contribution in [-0.4, -0.2) is 0 Å². The summed E-state index contributed by atoms with van der Waals surface area (Å²) in [5.74, 6) is -1.25. The Morgan fingerprint density at radius 2 is 1.73 bits per heavy atom. The van der Waals surface area contributed by atoms with Gasteiger partial charge in [0.05, 0.1) is 0 Å². The summed E-state index contributed by atoms with van der Waals surface area (Å²) >= 11 is 0. The first kappa shape index (κ1) is 10.1. The Labute approximate surface area is 65.9 Å². The summed E-state index contributed by atoms with van der Waals surface area (Å²) in [7, 11) is 0. The van der Waals surface area contributed by atoms with Crippen LogP contribution in [0.3, 0.4) is 0 Å². The van der Waals surface area contributed by atoms with Gasteiger partial charge in [-0.05, 0) is 26.3 Å². The van der Waals surface area contributed by atoms with Crippen molar-refractivity contribution in [2.45, 2.75) is 20.8 Å². The molecule has 11 heavy (non-hydrogen) atoms. The van der Waals surface area contributed by atoms with Crippen LogP contribution in [0, 0.1) is 0 Å². The topological polar surface area (TPSA) is 0 Å². The maximum atomic E-state index is 13.0. The molecule has 0 aliphatic heterocycles. The van der Waals surface area contributed by atoms with Crippen LogP contribution in [0.25, 0.3) is 0 Å². The lowest BCUT2D eigenvalue weighted by atomic mass is 10.1. The van der Waals surface area contributed by atoms with Gasteiger partial charge in [0, 0.05) is 5.57 Å². The lowest BCUT2D eigenvalue weighted by Crippen LogP contribution is -1.84. The molecular formula is C9H12F2. The molecule has 62 valence electrons. The van der Waals surface area contributed by atoms with E-state index >= 15 is 0 Å². The van der Waals surface area contributed by atoms with Gasteiger partial charge in [-0.15, -0.1) is 0 Å². The van der Waals surface area contributed by atoms with Gasteiger partial charge in [-0.25, -0.2) is 8.78 Å². The van der Waals surface area contributed by atoms with E-state index in [0.717, 1.165) is 0 Å². The van der Waals surface area contributed by atoms with E-state index in [4.69, 9.17) is 0 Å². The third-order valence-electron chi connectivity index (χ3n) is 1.52. The molecule has 0 unspecified atom stereocenters. The van der Waals surface area contributed by atoms with Gasteiger partial charge in [0.2, 0.25) is 0 Å². The fraction of sp³-hybridized carbons (Fsp3) is 0.333. The number of hydrogen-bond acceptors (Lipinski definition) is 0. The van der Waals surface area contributed by atoms with Gasteiger partial charge in [-0.1, -0.05) is 12.7 Å². The predicted octanol–water partition coefficient (Wildman–Crippen LogP) is 3.68. The first-order valence-corrected chi connectivity index (χ1v) is 3.35. The Balaban J connectivity index is 4.81. The minimum absolute atomic E-state index is 0.0272. The number of hydrogen-bond donors (Lipinski definition) is 0. The van der Waals surface area contributed by atoms with Crippen LogP contribution in [-0.2, 0) is 0 Å². The summed E-state index contributed by atoms with van der Waals surface area (Å²) in [6.07, 6.45) is 1.59. The lowest BCUT2D eigenvalue weighted by molar-refractivity contribution is 0.604. The molecule has 0 rings (SSSR count). The molecule has 2 heteroatoms. The van der Waals surface area contributed by atoms with E-state index in [9.17, 15) is 8.78 Å². The molecule has 0 aliphatic carbocycles. The molecule has 0 N–H and O–H groups in total. The molecule has 0 bridgehead atoms. The lowest BCUT2D eigenvalue weighted by Gasteiger charge is -2.00. The second-order valence-electron chi connectivity index (χ2n) is 2.32. The van der Waals surface area contributed by atoms with Crippen molar-refractivity contribution >= 4 is 0 Å². The maximum absolute atomic E-state index is 13.0. The van der Waals surface area contributed by atoms with Gasteiger partial charge < -0.3 is 0 Å². The highest BCUT2D eigenvalue weighted by atomic mass is 19.1. The number of rotatable bonds is 2. The molecule has 0 fully saturated rings. The van der Waals surface area contributed by atoms with E-state index in [-0.39, 0.29) is 5.57 Å². The molecular weight excluding hydrogens is 146 g/mol. The Hall–Kier alpha value is -0.920. The molecule has 0 aromatic heterocycles. The normalized spacial score (nSPS) is 14.5. The van der Waals surface area contributed by atoms with Crippen LogP contribution in [0.5, 0.6) is 0 Å². The highest BCUT2D eigenvalue weighted by Crippen LogP contribution is 2.20. The summed E-state index contributed by atoms with van der Waals surface area (Å²) in [5.41, 5.74) is 0.405. The Bertz CT molecular complexity index is 222. The van der Waals surface area contributed by atoms with Crippen molar-refractivity contribution in [3.63, 3.8) is 0 Å². The van der Waals surface area contributed by atoms with Crippen LogP contribution in [0.1, 0.15) is 20.8 Å². The zero-order chi connectivity index (χ0) is 9.02. The minimum atomic E-state index is -0.719. The minimum Gasteiger partial charge on any atom is -0.207 e. The van der Waals surface area contributed by atoms with Crippen molar-refractivity contribution in [1.29, 1.82) is 0 Å². The zero-order valence-electron chi connectivity index (χ0n) is 7.04. The van der Waals surface area contributed by atoms with Crippen LogP contribution >= 0.6 is 0 Å². The predicted molar refractivity (Wildman–Crippen MR) is 43.5 cm³/mol. The van der Waals surface area contributed by atoms with Gasteiger partial charge in [0.25, 0.3) is 0 Å². The quantitative estimate of drug-likeness (QED) is 0.538. The first-order chi connectivity index (χ1) is 5.00. The van der Waals surface area contributed by atoms with E-state index in [0.29, 0.717) is 5.57 Å². The molecule has 0 saturated heterocycles. The van der Waals surface area contributed by atoms with Gasteiger partial charge >= 0.3 is 0 Å². The van der Waals surface area contributed by atoms with Crippen molar-refractivity contribution in [3.8, 4) is 0 Å². The van der Waals surface area contributed by atoms with E-state index in [2.05, 4.69) is 6.58 Å². The Morgan fingerprint density at radius 3 is 2.00 bits per heavy atom. The SMILES string of the molecule is C=C(F)/C(C)=C(F)\C(C)=C/C. The first-order valence-electron chi connectivity index (χ1n) is 3.35. The fourth-order valence-corrected chi connectivity index (χ4v) is 0.542. The van der Waals surface area contributed by atoms with E-state index < -0.39 is 11.7 Å². The highest BCUT2D eigenvalue weighted by molar-refractivity contribution is 5.34. The van der Waals surface area contributed by atoms with Gasteiger partial charge in [-0.3, -0.25) is 0 Å². The second kappa shape index (κ2) is 4.06. The molecule has 0 heterocycles. The standard InChI is InChI=1S/C9H12F2/c1-5-6(2)9(11)7(3)8(4)10/h5H,4H2,1-3H3/b6-5-,9-7+. The van der Waals surface area contributed by atoms with Crippen LogP contribution in [0.2, 0.25) is 0 Å². The molecule has 0 radical (unpaired) electrons. The van der Waals surface area contributed by atoms with Gasteiger partial charge in [0.15, 0.2) is 0 Å². The fourth-order valence-electron chi connectivity index (χ4n) is 0.542. The third-order valence-corrected chi connectivity index (χ3v) is 1.52. The van der Waals surface area contributed by atoms with Gasteiger partial charge in [-0.2, -0.15) is 0 Å². The monoisotopic (exact) mass is 158 g/mol. The third kappa shape index (κ3) is 2.66. The highest BCUT2D eigenvalue weighted by Gasteiger charge is 2.05. The second-order valence-corrected chi connectivity index (χ2v) is 2.32. The zero-order valence-corrected chi connectivity index (χ0v) is 7.04. The summed E-state index contributed by atoms with van der Waals surface area (Å²) in [5, 5.41) is 0. The van der Waals surface area contributed by atoms with Crippen LogP contribution in [0.4, 0.5) is 8.78 Å². The van der Waals surface area contributed by atoms with Crippen molar-refractivity contribution < 1.29 is 8.78 Å². The average molecular weight is 158 g/mol. The Kier molecular flexibility index (Phi) is 3.72. The van der Waals surface area contributed by atoms with Crippen molar-refractivity contribution in [3.05, 3.63) is 35.5 Å². The van der Waals surface area contributed by atoms with E-state index in [1.165, 1.54) is 6.92 Å². The van der Waals surface area contributed by atoms with Crippen molar-refractivity contribution in [2.75, 3.05) is 0 Å². The molecule has 0 saturated carbocycles.